The molecule has 0 atom stereocenters. The van der Waals surface area contributed by atoms with E-state index in [1.165, 1.54) is 38.9 Å². The second kappa shape index (κ2) is 10.4. The van der Waals surface area contributed by atoms with Crippen LogP contribution >= 0.6 is 12.2 Å². The Labute approximate surface area is 195 Å². The lowest BCUT2D eigenvalue weighted by Gasteiger charge is -2.26. The molecule has 0 fully saturated rings. The van der Waals surface area contributed by atoms with Crippen LogP contribution in [0.4, 0.5) is 0 Å². The van der Waals surface area contributed by atoms with E-state index in [0.29, 0.717) is 0 Å². The Hall–Kier alpha value is -3.18. The Morgan fingerprint density at radius 1 is 0.969 bits per heavy atom. The van der Waals surface area contributed by atoms with Crippen LogP contribution in [-0.4, -0.2) is 33.1 Å². The van der Waals surface area contributed by atoms with Gasteiger partial charge in [0.15, 0.2) is 5.11 Å². The van der Waals surface area contributed by atoms with Crippen molar-refractivity contribution in [3.8, 4) is 0 Å². The van der Waals surface area contributed by atoms with Crippen LogP contribution in [-0.2, 0) is 19.4 Å². The molecule has 4 rings (SSSR count). The van der Waals surface area contributed by atoms with Gasteiger partial charge in [0, 0.05) is 48.6 Å². The quantitative estimate of drug-likeness (QED) is 0.362. The van der Waals surface area contributed by atoms with Gasteiger partial charge < -0.3 is 15.2 Å². The summed E-state index contributed by atoms with van der Waals surface area (Å²) in [5.74, 6) is 0. The number of nitrogens with one attached hydrogen (secondary N) is 2. The topological polar surface area (TPSA) is 44.0 Å². The van der Waals surface area contributed by atoms with Crippen molar-refractivity contribution >= 4 is 28.2 Å². The van der Waals surface area contributed by atoms with Gasteiger partial charge in [0.2, 0.25) is 0 Å². The zero-order valence-electron chi connectivity index (χ0n) is 18.8. The summed E-state index contributed by atoms with van der Waals surface area (Å²) in [4.78, 5) is 9.95. The molecule has 0 amide bonds. The Morgan fingerprint density at radius 2 is 1.75 bits per heavy atom. The Morgan fingerprint density at radius 3 is 2.53 bits per heavy atom. The van der Waals surface area contributed by atoms with Gasteiger partial charge in [-0.15, -0.1) is 0 Å². The molecule has 4 aromatic rings. The molecule has 4 nitrogen and oxygen atoms in total. The molecule has 0 saturated carbocycles. The molecule has 164 valence electrons. The maximum atomic E-state index is 5.83. The van der Waals surface area contributed by atoms with E-state index in [9.17, 15) is 0 Å². The number of nitrogens with zero attached hydrogens (tertiary/aromatic N) is 2. The minimum absolute atomic E-state index is 0.764. The number of hydrogen-bond acceptors (Lipinski definition) is 2. The molecular weight excluding hydrogens is 412 g/mol. The number of aromatic nitrogens is 2. The van der Waals surface area contributed by atoms with Gasteiger partial charge in [-0.3, -0.25) is 4.98 Å². The first-order chi connectivity index (χ1) is 15.6. The van der Waals surface area contributed by atoms with E-state index in [1.54, 1.807) is 0 Å². The van der Waals surface area contributed by atoms with Crippen molar-refractivity contribution < 1.29 is 0 Å². The van der Waals surface area contributed by atoms with E-state index in [1.807, 2.05) is 18.5 Å². The average Bonchev–Trinajstić information content (AvgIpc) is 3.12. The van der Waals surface area contributed by atoms with Crippen LogP contribution in [0.25, 0.3) is 10.9 Å². The first kappa shape index (κ1) is 22.0. The number of fused-ring (bicyclic) bond motifs is 1. The molecule has 0 spiro atoms. The summed E-state index contributed by atoms with van der Waals surface area (Å²) in [7, 11) is 0. The third-order valence-electron chi connectivity index (χ3n) is 5.85. The number of rotatable bonds is 8. The predicted molar refractivity (Wildman–Crippen MR) is 137 cm³/mol. The van der Waals surface area contributed by atoms with Gasteiger partial charge in [-0.1, -0.05) is 42.0 Å². The predicted octanol–water partition coefficient (Wildman–Crippen LogP) is 5.34. The number of thiocarbonyl (C=S) groups is 1. The molecule has 2 N–H and O–H groups in total. The number of pyridine rings is 1. The number of H-pyrrole nitrogens is 1. The lowest BCUT2D eigenvalue weighted by molar-refractivity contribution is 0.409. The van der Waals surface area contributed by atoms with E-state index >= 15 is 0 Å². The van der Waals surface area contributed by atoms with Gasteiger partial charge in [-0.25, -0.2) is 0 Å². The van der Waals surface area contributed by atoms with E-state index in [2.05, 4.69) is 88.6 Å². The fourth-order valence-electron chi connectivity index (χ4n) is 4.10. The number of aromatic amines is 1. The van der Waals surface area contributed by atoms with Crippen LogP contribution in [0.3, 0.4) is 0 Å². The molecule has 0 aliphatic rings. The number of hydrogen-bond donors (Lipinski definition) is 2. The van der Waals surface area contributed by atoms with Crippen LogP contribution in [0.1, 0.15) is 27.9 Å². The average molecular weight is 443 g/mol. The largest absolute Gasteiger partial charge is 0.362 e. The zero-order chi connectivity index (χ0) is 22.3. The van der Waals surface area contributed by atoms with Crippen LogP contribution < -0.4 is 5.32 Å². The van der Waals surface area contributed by atoms with Crippen LogP contribution in [0.15, 0.2) is 73.1 Å². The fourth-order valence-corrected chi connectivity index (χ4v) is 4.35. The maximum absolute atomic E-state index is 5.83. The molecule has 2 aromatic heterocycles. The van der Waals surface area contributed by atoms with Gasteiger partial charge in [-0.2, -0.15) is 0 Å². The van der Waals surface area contributed by atoms with Crippen molar-refractivity contribution in [2.75, 3.05) is 13.1 Å². The second-order valence-electron chi connectivity index (χ2n) is 8.27. The molecule has 2 aromatic carbocycles. The minimum atomic E-state index is 0.764. The fraction of sp³-hybridized carbons (Fsp3) is 0.259. The Kier molecular flexibility index (Phi) is 7.17. The minimum Gasteiger partial charge on any atom is -0.362 e. The highest BCUT2D eigenvalue weighted by molar-refractivity contribution is 7.80. The smallest absolute Gasteiger partial charge is 0.169 e. The molecule has 5 heteroatoms. The monoisotopic (exact) mass is 442 g/mol. The lowest BCUT2D eigenvalue weighted by atomic mass is 10.1. The standard InChI is InChI=1S/C27H30N4S/c1-20-8-9-26-25(18-20)24(21(2)30-26)13-17-31(19-23-10-14-28-15-11-23)27(32)29-16-12-22-6-4-3-5-7-22/h3-11,14-15,18,30H,12-13,16-17,19H2,1-2H3,(H,29,32). The third-order valence-corrected chi connectivity index (χ3v) is 6.25. The Balaban J connectivity index is 1.46. The first-order valence-electron chi connectivity index (χ1n) is 11.1. The summed E-state index contributed by atoms with van der Waals surface area (Å²) >= 11 is 5.83. The molecule has 32 heavy (non-hydrogen) atoms. The summed E-state index contributed by atoms with van der Waals surface area (Å²) in [6.07, 6.45) is 5.56. The van der Waals surface area contributed by atoms with Crippen molar-refractivity contribution in [3.63, 3.8) is 0 Å². The van der Waals surface area contributed by atoms with Gasteiger partial charge in [0.1, 0.15) is 0 Å². The SMILES string of the molecule is Cc1ccc2[nH]c(C)c(CCN(Cc3ccncc3)C(=S)NCCc3ccccc3)c2c1. The van der Waals surface area contributed by atoms with E-state index in [0.717, 1.165) is 37.6 Å². The highest BCUT2D eigenvalue weighted by atomic mass is 32.1. The van der Waals surface area contributed by atoms with Gasteiger partial charge in [-0.05, 0) is 79.9 Å². The van der Waals surface area contributed by atoms with Crippen LogP contribution in [0.5, 0.6) is 0 Å². The van der Waals surface area contributed by atoms with Crippen LogP contribution in [0, 0.1) is 13.8 Å². The van der Waals surface area contributed by atoms with E-state index in [4.69, 9.17) is 12.2 Å². The van der Waals surface area contributed by atoms with Crippen molar-refractivity contribution in [1.82, 2.24) is 20.2 Å². The first-order valence-corrected chi connectivity index (χ1v) is 11.5. The van der Waals surface area contributed by atoms with Crippen LogP contribution in [0.2, 0.25) is 0 Å². The number of aryl methyl sites for hydroxylation is 2. The molecule has 0 unspecified atom stereocenters. The molecule has 2 heterocycles. The normalized spacial score (nSPS) is 10.9. The molecule has 0 bridgehead atoms. The third kappa shape index (κ3) is 5.54. The summed E-state index contributed by atoms with van der Waals surface area (Å²) in [6, 6.07) is 21.2. The van der Waals surface area contributed by atoms with E-state index in [-0.39, 0.29) is 0 Å². The molecule has 0 radical (unpaired) electrons. The molecule has 0 aliphatic heterocycles. The highest BCUT2D eigenvalue weighted by Crippen LogP contribution is 2.24. The Bertz CT molecular complexity index is 1170. The van der Waals surface area contributed by atoms with Crippen molar-refractivity contribution in [2.45, 2.75) is 33.2 Å². The summed E-state index contributed by atoms with van der Waals surface area (Å²) in [5.41, 5.74) is 7.61. The lowest BCUT2D eigenvalue weighted by Crippen LogP contribution is -2.41. The number of benzene rings is 2. The van der Waals surface area contributed by atoms with Gasteiger partial charge >= 0.3 is 0 Å². The molecule has 0 aliphatic carbocycles. The summed E-state index contributed by atoms with van der Waals surface area (Å²) in [6.45, 7) is 6.74. The second-order valence-corrected chi connectivity index (χ2v) is 8.66. The molecule has 0 saturated heterocycles. The van der Waals surface area contributed by atoms with Gasteiger partial charge in [0.25, 0.3) is 0 Å². The van der Waals surface area contributed by atoms with E-state index < -0.39 is 0 Å². The zero-order valence-corrected chi connectivity index (χ0v) is 19.6. The molecular formula is C27H30N4S. The summed E-state index contributed by atoms with van der Waals surface area (Å²) < 4.78 is 0. The highest BCUT2D eigenvalue weighted by Gasteiger charge is 2.14. The van der Waals surface area contributed by atoms with Crippen molar-refractivity contribution in [3.05, 3.63) is 101 Å². The van der Waals surface area contributed by atoms with Crippen molar-refractivity contribution in [1.29, 1.82) is 0 Å². The van der Waals surface area contributed by atoms with Gasteiger partial charge in [0.05, 0.1) is 0 Å². The maximum Gasteiger partial charge on any atom is 0.169 e. The summed E-state index contributed by atoms with van der Waals surface area (Å²) in [5, 5.41) is 5.59. The van der Waals surface area contributed by atoms with Crippen molar-refractivity contribution in [2.24, 2.45) is 0 Å².